The first kappa shape index (κ1) is 23.9. The summed E-state index contributed by atoms with van der Waals surface area (Å²) in [5.74, 6) is -0.293. The second-order valence-electron chi connectivity index (χ2n) is 7.57. The predicted molar refractivity (Wildman–Crippen MR) is 130 cm³/mol. The molecule has 1 aliphatic rings. The number of nitrogens with one attached hydrogen (secondary N) is 1. The number of carboxylic acids is 1. The fraction of sp³-hybridized carbons (Fsp3) is 0.318. The van der Waals surface area contributed by atoms with Gasteiger partial charge in [0, 0.05) is 37.9 Å². The van der Waals surface area contributed by atoms with Crippen molar-refractivity contribution in [3.8, 4) is 16.3 Å². The summed E-state index contributed by atoms with van der Waals surface area (Å²) in [6, 6.07) is 10.5. The van der Waals surface area contributed by atoms with Crippen molar-refractivity contribution in [2.24, 2.45) is 5.92 Å². The summed E-state index contributed by atoms with van der Waals surface area (Å²) in [5.41, 5.74) is 1.28. The fourth-order valence-corrected chi connectivity index (χ4v) is 4.44. The van der Waals surface area contributed by atoms with E-state index >= 15 is 0 Å². The topological polar surface area (TPSA) is 121 Å². The number of halogens is 1. The van der Waals surface area contributed by atoms with Crippen molar-refractivity contribution < 1.29 is 19.4 Å². The first-order chi connectivity index (χ1) is 16.4. The highest BCUT2D eigenvalue weighted by molar-refractivity contribution is 7.18. The maximum absolute atomic E-state index is 12.7. The third kappa shape index (κ3) is 5.61. The normalized spacial score (nSPS) is 13.8. The Hall–Kier alpha value is -3.28. The summed E-state index contributed by atoms with van der Waals surface area (Å²) < 4.78 is 5.76. The lowest BCUT2D eigenvalue weighted by atomic mass is 10.0. The smallest absolute Gasteiger partial charge is 0.328 e. The number of carbonyl (C=O) groups excluding carboxylic acids is 1. The molecule has 1 fully saturated rings. The molecule has 4 rings (SSSR count). The summed E-state index contributed by atoms with van der Waals surface area (Å²) in [5, 5.41) is 21.4. The minimum absolute atomic E-state index is 0.210. The highest BCUT2D eigenvalue weighted by Crippen LogP contribution is 2.30. The fourth-order valence-electron chi connectivity index (χ4n) is 3.36. The van der Waals surface area contributed by atoms with Crippen molar-refractivity contribution in [1.29, 1.82) is 0 Å². The van der Waals surface area contributed by atoms with E-state index in [2.05, 4.69) is 20.5 Å². The number of aliphatic carboxylic acids is 1. The molecule has 1 saturated heterocycles. The Morgan fingerprint density at radius 2 is 2.03 bits per heavy atom. The molecular formula is C22H23ClN6O4S. The predicted octanol–water partition coefficient (Wildman–Crippen LogP) is 3.71. The van der Waals surface area contributed by atoms with E-state index in [0.717, 1.165) is 5.56 Å². The van der Waals surface area contributed by atoms with Gasteiger partial charge < -0.3 is 15.2 Å². The van der Waals surface area contributed by atoms with Crippen LogP contribution >= 0.6 is 22.9 Å². The molecule has 2 amide bonds. The highest BCUT2D eigenvalue weighted by Gasteiger charge is 2.31. The number of nitrogens with zero attached hydrogens (tertiary/aromatic N) is 5. The van der Waals surface area contributed by atoms with E-state index in [1.807, 2.05) is 36.1 Å². The van der Waals surface area contributed by atoms with Crippen molar-refractivity contribution >= 4 is 45.8 Å². The standard InChI is InChI=1S/C22H23ClN6O4S/c1-2-29(21(32)25-17-4-3-9-24-18(17)23)22-27-26-19(34-22)14-5-7-16(8-6-14)33-11-10-28-12-15(13-28)20(30)31/h3-9,15H,2,10-13H2,1H3,(H,25,32)(H,30,31). The van der Waals surface area contributed by atoms with Gasteiger partial charge in [-0.05, 0) is 43.3 Å². The summed E-state index contributed by atoms with van der Waals surface area (Å²) in [7, 11) is 0. The van der Waals surface area contributed by atoms with Gasteiger partial charge in [0.2, 0.25) is 5.13 Å². The average molecular weight is 503 g/mol. The molecule has 1 aromatic carbocycles. The lowest BCUT2D eigenvalue weighted by Crippen LogP contribution is -2.51. The van der Waals surface area contributed by atoms with E-state index in [9.17, 15) is 9.59 Å². The third-order valence-electron chi connectivity index (χ3n) is 5.29. The number of carboxylic acid groups (broad SMARTS) is 1. The number of pyridine rings is 1. The van der Waals surface area contributed by atoms with Gasteiger partial charge in [0.05, 0.1) is 11.6 Å². The van der Waals surface area contributed by atoms with Crippen LogP contribution in [-0.4, -0.2) is 70.0 Å². The van der Waals surface area contributed by atoms with Gasteiger partial charge in [-0.25, -0.2) is 9.78 Å². The Morgan fingerprint density at radius 1 is 1.26 bits per heavy atom. The largest absolute Gasteiger partial charge is 0.492 e. The molecule has 0 saturated carbocycles. The van der Waals surface area contributed by atoms with Crippen molar-refractivity contribution in [2.75, 3.05) is 43.0 Å². The Morgan fingerprint density at radius 3 is 2.71 bits per heavy atom. The van der Waals surface area contributed by atoms with Crippen LogP contribution < -0.4 is 15.0 Å². The van der Waals surface area contributed by atoms with Gasteiger partial charge in [-0.3, -0.25) is 14.6 Å². The van der Waals surface area contributed by atoms with Crippen LogP contribution in [0.2, 0.25) is 5.15 Å². The maximum Gasteiger partial charge on any atom is 0.328 e. The van der Waals surface area contributed by atoms with Crippen molar-refractivity contribution in [3.05, 3.63) is 47.7 Å². The number of likely N-dealkylation sites (tertiary alicyclic amines) is 1. The number of carbonyl (C=O) groups is 2. The molecule has 3 heterocycles. The van der Waals surface area contributed by atoms with Crippen LogP contribution in [0.1, 0.15) is 6.92 Å². The van der Waals surface area contributed by atoms with E-state index in [4.69, 9.17) is 21.4 Å². The van der Waals surface area contributed by atoms with Gasteiger partial charge in [-0.2, -0.15) is 0 Å². The molecule has 178 valence electrons. The zero-order chi connectivity index (χ0) is 24.1. The van der Waals surface area contributed by atoms with Crippen LogP contribution in [0.3, 0.4) is 0 Å². The van der Waals surface area contributed by atoms with E-state index in [1.54, 1.807) is 18.3 Å². The summed E-state index contributed by atoms with van der Waals surface area (Å²) in [4.78, 5) is 31.1. The second-order valence-corrected chi connectivity index (χ2v) is 8.89. The Bertz CT molecular complexity index is 1150. The molecule has 10 nitrogen and oxygen atoms in total. The summed E-state index contributed by atoms with van der Waals surface area (Å²) in [6.45, 7) is 4.55. The van der Waals surface area contributed by atoms with Crippen LogP contribution in [0.25, 0.3) is 10.6 Å². The molecule has 0 radical (unpaired) electrons. The number of urea groups is 1. The number of rotatable bonds is 9. The molecule has 3 aromatic rings. The number of hydrogen-bond acceptors (Lipinski definition) is 8. The number of ether oxygens (including phenoxy) is 1. The quantitative estimate of drug-likeness (QED) is 0.425. The van der Waals surface area contributed by atoms with E-state index in [0.29, 0.717) is 54.4 Å². The number of benzene rings is 1. The maximum atomic E-state index is 12.7. The van der Waals surface area contributed by atoms with Crippen LogP contribution in [0.5, 0.6) is 5.75 Å². The van der Waals surface area contributed by atoms with Gasteiger partial charge >= 0.3 is 12.0 Å². The second kappa shape index (κ2) is 10.8. The number of anilines is 2. The van der Waals surface area contributed by atoms with Gasteiger partial charge in [0.25, 0.3) is 0 Å². The van der Waals surface area contributed by atoms with E-state index in [1.165, 1.54) is 16.2 Å². The molecule has 12 heteroatoms. The monoisotopic (exact) mass is 502 g/mol. The third-order valence-corrected chi connectivity index (χ3v) is 6.59. The SMILES string of the molecule is CCN(C(=O)Nc1cccnc1Cl)c1nnc(-c2ccc(OCCN3CC(C(=O)O)C3)cc2)s1. The minimum Gasteiger partial charge on any atom is -0.492 e. The zero-order valence-corrected chi connectivity index (χ0v) is 19.9. The van der Waals surface area contributed by atoms with E-state index in [-0.39, 0.29) is 17.1 Å². The first-order valence-corrected chi connectivity index (χ1v) is 11.8. The van der Waals surface area contributed by atoms with E-state index < -0.39 is 5.97 Å². The first-order valence-electron chi connectivity index (χ1n) is 10.7. The molecular weight excluding hydrogens is 480 g/mol. The van der Waals surface area contributed by atoms with Crippen LogP contribution in [0, 0.1) is 5.92 Å². The molecule has 0 bridgehead atoms. The highest BCUT2D eigenvalue weighted by atomic mass is 35.5. The Kier molecular flexibility index (Phi) is 7.56. The zero-order valence-electron chi connectivity index (χ0n) is 18.3. The van der Waals surface area contributed by atoms with Crippen molar-refractivity contribution in [3.63, 3.8) is 0 Å². The van der Waals surface area contributed by atoms with Gasteiger partial charge in [0.1, 0.15) is 17.4 Å². The van der Waals surface area contributed by atoms with Crippen LogP contribution in [0.4, 0.5) is 15.6 Å². The van der Waals surface area contributed by atoms with Crippen LogP contribution in [-0.2, 0) is 4.79 Å². The summed E-state index contributed by atoms with van der Waals surface area (Å²) in [6.07, 6.45) is 1.55. The lowest BCUT2D eigenvalue weighted by molar-refractivity contribution is -0.147. The van der Waals surface area contributed by atoms with Crippen LogP contribution in [0.15, 0.2) is 42.6 Å². The summed E-state index contributed by atoms with van der Waals surface area (Å²) >= 11 is 7.33. The van der Waals surface area contributed by atoms with Gasteiger partial charge in [0.15, 0.2) is 5.15 Å². The van der Waals surface area contributed by atoms with Crippen molar-refractivity contribution in [2.45, 2.75) is 6.92 Å². The molecule has 2 aromatic heterocycles. The number of amides is 2. The molecule has 34 heavy (non-hydrogen) atoms. The molecule has 1 aliphatic heterocycles. The molecule has 0 spiro atoms. The molecule has 0 unspecified atom stereocenters. The Labute approximate surface area is 205 Å². The Balaban J connectivity index is 1.32. The average Bonchev–Trinajstić information content (AvgIpc) is 3.27. The van der Waals surface area contributed by atoms with Gasteiger partial charge in [-0.15, -0.1) is 10.2 Å². The molecule has 2 N–H and O–H groups in total. The molecule has 0 atom stereocenters. The number of hydrogen-bond donors (Lipinski definition) is 2. The van der Waals surface area contributed by atoms with Gasteiger partial charge in [-0.1, -0.05) is 22.9 Å². The molecule has 0 aliphatic carbocycles. The van der Waals surface area contributed by atoms with Crippen molar-refractivity contribution in [1.82, 2.24) is 20.1 Å². The lowest BCUT2D eigenvalue weighted by Gasteiger charge is -2.36. The number of aromatic nitrogens is 3. The minimum atomic E-state index is -0.742.